The molecule has 0 radical (unpaired) electrons. The summed E-state index contributed by atoms with van der Waals surface area (Å²) in [6, 6.07) is 20.9. The number of nitrogens with zero attached hydrogens (tertiary/aromatic N) is 4. The Kier molecular flexibility index (Phi) is 7.97. The molecule has 0 unspecified atom stereocenters. The minimum Gasteiger partial charge on any atom is -0.507 e. The molecule has 3 aromatic carbocycles. The molecule has 0 saturated heterocycles. The highest BCUT2D eigenvalue weighted by atomic mass is 16.5. The SMILES string of the molecule is COc1ccc(C=NNc2cc(Nc3ccccc3)nc(NN=Cc3ccc(OC)cc3O)n2)c(O)c1. The third-order valence-electron chi connectivity index (χ3n) is 5.00. The van der Waals surface area contributed by atoms with E-state index in [1.807, 2.05) is 30.3 Å². The molecule has 0 saturated carbocycles. The Balaban J connectivity index is 1.53. The minimum absolute atomic E-state index is 0.0174. The van der Waals surface area contributed by atoms with Gasteiger partial charge >= 0.3 is 0 Å². The molecule has 0 aliphatic heterocycles. The largest absolute Gasteiger partial charge is 0.507 e. The molecular weight excluding hydrogens is 474 g/mol. The number of rotatable bonds is 10. The van der Waals surface area contributed by atoms with E-state index in [2.05, 4.69) is 36.3 Å². The van der Waals surface area contributed by atoms with E-state index in [4.69, 9.17) is 9.47 Å². The second-order valence-corrected chi connectivity index (χ2v) is 7.54. The molecule has 4 rings (SSSR count). The highest BCUT2D eigenvalue weighted by molar-refractivity contribution is 5.85. The smallest absolute Gasteiger partial charge is 0.247 e. The highest BCUT2D eigenvalue weighted by Gasteiger charge is 2.06. The van der Waals surface area contributed by atoms with Crippen LogP contribution in [0.5, 0.6) is 23.0 Å². The molecule has 1 aromatic heterocycles. The average Bonchev–Trinajstić information content (AvgIpc) is 2.91. The maximum Gasteiger partial charge on any atom is 0.247 e. The van der Waals surface area contributed by atoms with Crippen molar-refractivity contribution >= 4 is 35.7 Å². The highest BCUT2D eigenvalue weighted by Crippen LogP contribution is 2.24. The summed E-state index contributed by atoms with van der Waals surface area (Å²) in [5, 5.41) is 31.8. The monoisotopic (exact) mass is 499 g/mol. The molecule has 4 aromatic rings. The normalized spacial score (nSPS) is 11.0. The molecular formula is C26H25N7O4. The van der Waals surface area contributed by atoms with Crippen molar-refractivity contribution in [3.05, 3.63) is 83.9 Å². The zero-order valence-electron chi connectivity index (χ0n) is 20.1. The maximum absolute atomic E-state index is 10.1. The van der Waals surface area contributed by atoms with Crippen molar-refractivity contribution < 1.29 is 19.7 Å². The van der Waals surface area contributed by atoms with Crippen molar-refractivity contribution in [1.82, 2.24) is 9.97 Å². The van der Waals surface area contributed by atoms with Gasteiger partial charge in [-0.15, -0.1) is 0 Å². The van der Waals surface area contributed by atoms with Crippen molar-refractivity contribution in [3.8, 4) is 23.0 Å². The summed E-state index contributed by atoms with van der Waals surface area (Å²) in [4.78, 5) is 8.80. The van der Waals surface area contributed by atoms with Crippen LogP contribution in [0.25, 0.3) is 0 Å². The molecule has 11 heteroatoms. The molecule has 0 bridgehead atoms. The van der Waals surface area contributed by atoms with Gasteiger partial charge in [-0.1, -0.05) is 18.2 Å². The van der Waals surface area contributed by atoms with Crippen molar-refractivity contribution in [1.29, 1.82) is 0 Å². The molecule has 188 valence electrons. The topological polar surface area (TPSA) is 146 Å². The summed E-state index contributed by atoms with van der Waals surface area (Å²) in [5.74, 6) is 2.13. The van der Waals surface area contributed by atoms with E-state index in [0.29, 0.717) is 34.3 Å². The molecule has 0 atom stereocenters. The van der Waals surface area contributed by atoms with Crippen molar-refractivity contribution in [2.45, 2.75) is 0 Å². The van der Waals surface area contributed by atoms with E-state index in [9.17, 15) is 10.2 Å². The van der Waals surface area contributed by atoms with Crippen LogP contribution in [-0.4, -0.2) is 46.8 Å². The summed E-state index contributed by atoms with van der Waals surface area (Å²) in [6.45, 7) is 0. The lowest BCUT2D eigenvalue weighted by Crippen LogP contribution is -2.04. The van der Waals surface area contributed by atoms with Crippen LogP contribution in [0.15, 0.2) is 83.0 Å². The van der Waals surface area contributed by atoms with Gasteiger partial charge in [0.1, 0.15) is 28.8 Å². The molecule has 1 heterocycles. The first-order valence-electron chi connectivity index (χ1n) is 11.1. The summed E-state index contributed by atoms with van der Waals surface area (Å²) >= 11 is 0. The lowest BCUT2D eigenvalue weighted by molar-refractivity contribution is 0.407. The molecule has 11 nitrogen and oxygen atoms in total. The fourth-order valence-electron chi connectivity index (χ4n) is 3.13. The number of aromatic nitrogens is 2. The predicted octanol–water partition coefficient (Wildman–Crippen LogP) is 4.54. The van der Waals surface area contributed by atoms with Gasteiger partial charge in [-0.3, -0.25) is 5.43 Å². The van der Waals surface area contributed by atoms with Gasteiger partial charge in [-0.05, 0) is 36.4 Å². The molecule has 0 fully saturated rings. The summed E-state index contributed by atoms with van der Waals surface area (Å²) in [6.07, 6.45) is 2.89. The number of anilines is 4. The zero-order valence-corrected chi connectivity index (χ0v) is 20.1. The van der Waals surface area contributed by atoms with Crippen LogP contribution in [-0.2, 0) is 0 Å². The Bertz CT molecular complexity index is 1330. The summed E-state index contributed by atoms with van der Waals surface area (Å²) in [7, 11) is 3.04. The number of phenolic OH excluding ortho intramolecular Hbond substituents is 2. The predicted molar refractivity (Wildman–Crippen MR) is 144 cm³/mol. The van der Waals surface area contributed by atoms with Crippen LogP contribution in [0, 0.1) is 0 Å². The zero-order chi connectivity index (χ0) is 26.0. The second kappa shape index (κ2) is 11.9. The molecule has 0 aliphatic rings. The van der Waals surface area contributed by atoms with Crippen molar-refractivity contribution in [2.75, 3.05) is 30.4 Å². The maximum atomic E-state index is 10.1. The van der Waals surface area contributed by atoms with E-state index in [0.717, 1.165) is 5.69 Å². The lowest BCUT2D eigenvalue weighted by atomic mass is 10.2. The first-order chi connectivity index (χ1) is 18.0. The number of para-hydroxylation sites is 1. The standard InChI is InChI=1S/C26H25N7O4/c1-36-20-10-8-17(22(34)12-20)15-27-32-25-14-24(29-19-6-4-3-5-7-19)30-26(31-25)33-28-16-18-9-11-21(37-2)13-23(18)35/h3-16,34-35H,1-2H3,(H3,29,30,31,32,33). The first kappa shape index (κ1) is 24.8. The van der Waals surface area contributed by atoms with E-state index < -0.39 is 0 Å². The number of methoxy groups -OCH3 is 2. The Labute approximate surface area is 213 Å². The quantitative estimate of drug-likeness (QED) is 0.157. The van der Waals surface area contributed by atoms with Crippen LogP contribution in [0.2, 0.25) is 0 Å². The number of nitrogens with one attached hydrogen (secondary N) is 3. The Morgan fingerprint density at radius 1 is 0.703 bits per heavy atom. The van der Waals surface area contributed by atoms with E-state index in [1.165, 1.54) is 38.8 Å². The fourth-order valence-corrected chi connectivity index (χ4v) is 3.13. The van der Waals surface area contributed by atoms with Gasteiger partial charge in [-0.25, -0.2) is 5.43 Å². The van der Waals surface area contributed by atoms with Gasteiger partial charge in [-0.2, -0.15) is 20.2 Å². The van der Waals surface area contributed by atoms with Gasteiger partial charge < -0.3 is 25.0 Å². The van der Waals surface area contributed by atoms with Crippen LogP contribution in [0.3, 0.4) is 0 Å². The van der Waals surface area contributed by atoms with Crippen LogP contribution in [0.1, 0.15) is 11.1 Å². The molecule has 0 spiro atoms. The van der Waals surface area contributed by atoms with Gasteiger partial charge in [0.2, 0.25) is 5.95 Å². The molecule has 5 N–H and O–H groups in total. The number of hydrogen-bond donors (Lipinski definition) is 5. The number of benzene rings is 3. The number of aromatic hydroxyl groups is 2. The lowest BCUT2D eigenvalue weighted by Gasteiger charge is -2.09. The van der Waals surface area contributed by atoms with Gasteiger partial charge in [0, 0.05) is 35.0 Å². The average molecular weight is 500 g/mol. The molecule has 0 amide bonds. The Hall–Kier alpha value is -5.32. The van der Waals surface area contributed by atoms with E-state index in [-0.39, 0.29) is 17.4 Å². The third-order valence-corrected chi connectivity index (χ3v) is 5.00. The summed E-state index contributed by atoms with van der Waals surface area (Å²) in [5.41, 5.74) is 7.40. The summed E-state index contributed by atoms with van der Waals surface area (Å²) < 4.78 is 10.2. The number of phenols is 2. The Morgan fingerprint density at radius 3 is 1.84 bits per heavy atom. The number of ether oxygens (including phenoxy) is 2. The first-order valence-corrected chi connectivity index (χ1v) is 11.1. The number of hydrazone groups is 2. The van der Waals surface area contributed by atoms with E-state index in [1.54, 1.807) is 30.3 Å². The Morgan fingerprint density at radius 2 is 1.27 bits per heavy atom. The number of hydrogen-bond acceptors (Lipinski definition) is 11. The van der Waals surface area contributed by atoms with Gasteiger partial charge in [0.05, 0.1) is 26.6 Å². The van der Waals surface area contributed by atoms with Crippen LogP contribution >= 0.6 is 0 Å². The fraction of sp³-hybridized carbons (Fsp3) is 0.0769. The van der Waals surface area contributed by atoms with Crippen molar-refractivity contribution in [2.24, 2.45) is 10.2 Å². The van der Waals surface area contributed by atoms with Crippen LogP contribution in [0.4, 0.5) is 23.3 Å². The molecule has 37 heavy (non-hydrogen) atoms. The van der Waals surface area contributed by atoms with Crippen molar-refractivity contribution in [3.63, 3.8) is 0 Å². The molecule has 0 aliphatic carbocycles. The minimum atomic E-state index is 0.0174. The van der Waals surface area contributed by atoms with Crippen LogP contribution < -0.4 is 25.6 Å². The second-order valence-electron chi connectivity index (χ2n) is 7.54. The third kappa shape index (κ3) is 6.85. The van der Waals surface area contributed by atoms with Gasteiger partial charge in [0.25, 0.3) is 0 Å². The van der Waals surface area contributed by atoms with Gasteiger partial charge in [0.15, 0.2) is 5.82 Å². The van der Waals surface area contributed by atoms with E-state index >= 15 is 0 Å².